The number of para-hydroxylation sites is 2. The maximum Gasteiger partial charge on any atom is 0.332 e. The van der Waals surface area contributed by atoms with Crippen LogP contribution in [-0.2, 0) is 23.3 Å². The number of urea groups is 1. The molecule has 1 atom stereocenters. The Kier molecular flexibility index (Phi) is 5.79. The van der Waals surface area contributed by atoms with Gasteiger partial charge in [-0.25, -0.2) is 9.69 Å². The summed E-state index contributed by atoms with van der Waals surface area (Å²) in [5.41, 5.74) is 2.62. The lowest BCUT2D eigenvalue weighted by molar-refractivity contribution is -0.125. The fourth-order valence-electron chi connectivity index (χ4n) is 5.74. The van der Waals surface area contributed by atoms with Gasteiger partial charge in [0.05, 0.1) is 31.2 Å². The summed E-state index contributed by atoms with van der Waals surface area (Å²) in [7, 11) is 3.19. The summed E-state index contributed by atoms with van der Waals surface area (Å²) in [6.45, 7) is 2.36. The maximum atomic E-state index is 14.1. The minimum absolute atomic E-state index is 0.227. The number of nitrogens with zero attached hydrogens (tertiary/aromatic N) is 2. The number of amides is 4. The van der Waals surface area contributed by atoms with E-state index in [-0.39, 0.29) is 17.8 Å². The molecule has 1 aromatic heterocycles. The molecule has 39 heavy (non-hydrogen) atoms. The lowest BCUT2D eigenvalue weighted by Crippen LogP contribution is -2.49. The van der Waals surface area contributed by atoms with Crippen LogP contribution < -0.4 is 19.7 Å². The van der Waals surface area contributed by atoms with E-state index < -0.39 is 23.4 Å². The van der Waals surface area contributed by atoms with Crippen molar-refractivity contribution in [3.05, 3.63) is 89.1 Å². The Morgan fingerprint density at radius 3 is 2.59 bits per heavy atom. The molecule has 6 rings (SSSR count). The smallest absolute Gasteiger partial charge is 0.332 e. The Morgan fingerprint density at radius 1 is 1.03 bits per heavy atom. The van der Waals surface area contributed by atoms with Gasteiger partial charge in [-0.05, 0) is 55.3 Å². The first-order chi connectivity index (χ1) is 18.9. The van der Waals surface area contributed by atoms with Crippen LogP contribution in [0.4, 0.5) is 10.5 Å². The Hall–Kier alpha value is -4.79. The number of benzene rings is 3. The number of methoxy groups -OCH3 is 2. The van der Waals surface area contributed by atoms with Crippen LogP contribution in [0, 0.1) is 0 Å². The second-order valence-corrected chi connectivity index (χ2v) is 9.80. The molecule has 9 heteroatoms. The number of anilines is 1. The highest BCUT2D eigenvalue weighted by Gasteiger charge is 2.59. The Labute approximate surface area is 225 Å². The van der Waals surface area contributed by atoms with E-state index in [0.29, 0.717) is 24.4 Å². The first-order valence-corrected chi connectivity index (χ1v) is 12.7. The van der Waals surface area contributed by atoms with Gasteiger partial charge in [0.1, 0.15) is 11.5 Å². The van der Waals surface area contributed by atoms with Crippen molar-refractivity contribution < 1.29 is 23.9 Å². The van der Waals surface area contributed by atoms with Crippen LogP contribution in [0.3, 0.4) is 0 Å². The van der Waals surface area contributed by atoms with Gasteiger partial charge in [-0.1, -0.05) is 30.3 Å². The highest BCUT2D eigenvalue weighted by atomic mass is 16.5. The number of fused-ring (bicyclic) bond motifs is 5. The highest BCUT2D eigenvalue weighted by molar-refractivity contribution is 6.25. The van der Waals surface area contributed by atoms with Gasteiger partial charge in [-0.15, -0.1) is 0 Å². The van der Waals surface area contributed by atoms with Crippen molar-refractivity contribution in [1.29, 1.82) is 0 Å². The first-order valence-electron chi connectivity index (χ1n) is 12.7. The lowest BCUT2D eigenvalue weighted by Gasteiger charge is -2.35. The second-order valence-electron chi connectivity index (χ2n) is 9.80. The number of H-pyrrole nitrogens is 1. The predicted octanol–water partition coefficient (Wildman–Crippen LogP) is 4.36. The molecule has 4 amide bonds. The van der Waals surface area contributed by atoms with E-state index in [0.717, 1.165) is 32.7 Å². The number of hydrogen-bond acceptors (Lipinski definition) is 5. The quantitative estimate of drug-likeness (QED) is 0.365. The molecular weight excluding hydrogens is 496 g/mol. The average molecular weight is 525 g/mol. The number of ether oxygens (including phenoxy) is 2. The number of rotatable bonds is 6. The summed E-state index contributed by atoms with van der Waals surface area (Å²) in [5, 5.41) is 3.87. The summed E-state index contributed by atoms with van der Waals surface area (Å²) >= 11 is 0. The van der Waals surface area contributed by atoms with Crippen molar-refractivity contribution in [1.82, 2.24) is 15.2 Å². The van der Waals surface area contributed by atoms with Crippen molar-refractivity contribution >= 4 is 34.4 Å². The molecule has 198 valence electrons. The summed E-state index contributed by atoms with van der Waals surface area (Å²) in [6.07, 6.45) is 0.589. The van der Waals surface area contributed by atoms with Crippen LogP contribution in [0.1, 0.15) is 34.1 Å². The Morgan fingerprint density at radius 2 is 1.79 bits per heavy atom. The van der Waals surface area contributed by atoms with E-state index in [1.807, 2.05) is 42.5 Å². The number of nitrogens with one attached hydrogen (secondary N) is 2. The first kappa shape index (κ1) is 24.5. The van der Waals surface area contributed by atoms with Crippen molar-refractivity contribution in [2.24, 2.45) is 0 Å². The zero-order valence-corrected chi connectivity index (χ0v) is 21.9. The fourth-order valence-corrected chi connectivity index (χ4v) is 5.74. The molecular formula is C30H28N4O5. The van der Waals surface area contributed by atoms with E-state index in [1.165, 1.54) is 0 Å². The third kappa shape index (κ3) is 3.64. The summed E-state index contributed by atoms with van der Waals surface area (Å²) < 4.78 is 10.8. The van der Waals surface area contributed by atoms with Gasteiger partial charge < -0.3 is 24.7 Å². The summed E-state index contributed by atoms with van der Waals surface area (Å²) in [4.78, 5) is 47.4. The predicted molar refractivity (Wildman–Crippen MR) is 146 cm³/mol. The number of carbonyl (C=O) groups excluding carboxylic acids is 3. The molecule has 0 saturated carbocycles. The fraction of sp³-hybridized carbons (Fsp3) is 0.233. The van der Waals surface area contributed by atoms with Crippen LogP contribution in [-0.4, -0.2) is 48.5 Å². The number of hydrogen-bond donors (Lipinski definition) is 2. The molecule has 0 bridgehead atoms. The minimum Gasteiger partial charge on any atom is -0.497 e. The average Bonchev–Trinajstić information content (AvgIpc) is 3.44. The third-order valence-corrected chi connectivity index (χ3v) is 7.79. The molecule has 1 saturated heterocycles. The molecule has 3 aromatic carbocycles. The molecule has 1 fully saturated rings. The van der Waals surface area contributed by atoms with E-state index in [9.17, 15) is 14.4 Å². The van der Waals surface area contributed by atoms with Gasteiger partial charge in [-0.2, -0.15) is 0 Å². The monoisotopic (exact) mass is 524 g/mol. The molecule has 0 aliphatic carbocycles. The van der Waals surface area contributed by atoms with Gasteiger partial charge >= 0.3 is 6.03 Å². The van der Waals surface area contributed by atoms with E-state index in [1.54, 1.807) is 50.3 Å². The number of carbonyl (C=O) groups is 3. The Balaban J connectivity index is 1.35. The number of aromatic amines is 1. The molecule has 3 heterocycles. The van der Waals surface area contributed by atoms with E-state index in [4.69, 9.17) is 9.47 Å². The van der Waals surface area contributed by atoms with Crippen LogP contribution in [0.25, 0.3) is 10.9 Å². The molecule has 0 unspecified atom stereocenters. The molecule has 0 radical (unpaired) electrons. The number of imide groups is 1. The van der Waals surface area contributed by atoms with Gasteiger partial charge in [0.15, 0.2) is 5.54 Å². The van der Waals surface area contributed by atoms with Crippen LogP contribution in [0.2, 0.25) is 0 Å². The summed E-state index contributed by atoms with van der Waals surface area (Å²) in [5.74, 6) is 0.579. The zero-order chi connectivity index (χ0) is 27.3. The normalized spacial score (nSPS) is 18.2. The van der Waals surface area contributed by atoms with Crippen molar-refractivity contribution in [3.8, 4) is 11.5 Å². The Bertz CT molecular complexity index is 1640. The van der Waals surface area contributed by atoms with Crippen LogP contribution >= 0.6 is 0 Å². The van der Waals surface area contributed by atoms with Crippen molar-refractivity contribution in [2.45, 2.75) is 25.4 Å². The lowest BCUT2D eigenvalue weighted by atomic mass is 9.87. The molecule has 2 aliphatic heterocycles. The maximum absolute atomic E-state index is 14.1. The van der Waals surface area contributed by atoms with Crippen LogP contribution in [0.15, 0.2) is 66.7 Å². The van der Waals surface area contributed by atoms with Crippen LogP contribution in [0.5, 0.6) is 11.5 Å². The van der Waals surface area contributed by atoms with Gasteiger partial charge in [0.2, 0.25) is 0 Å². The van der Waals surface area contributed by atoms with Gasteiger partial charge in [0.25, 0.3) is 11.8 Å². The van der Waals surface area contributed by atoms with Crippen molar-refractivity contribution in [2.75, 3.05) is 25.7 Å². The van der Waals surface area contributed by atoms with E-state index >= 15 is 0 Å². The molecule has 9 nitrogen and oxygen atoms in total. The topological polar surface area (TPSA) is 104 Å². The van der Waals surface area contributed by atoms with Gasteiger partial charge in [-0.3, -0.25) is 9.59 Å². The second kappa shape index (κ2) is 9.20. The largest absolute Gasteiger partial charge is 0.497 e. The molecule has 2 N–H and O–H groups in total. The summed E-state index contributed by atoms with van der Waals surface area (Å²) in [6, 6.07) is 19.4. The molecule has 2 aliphatic rings. The molecule has 4 aromatic rings. The number of aromatic nitrogens is 1. The highest BCUT2D eigenvalue weighted by Crippen LogP contribution is 2.46. The molecule has 0 spiro atoms. The van der Waals surface area contributed by atoms with E-state index in [2.05, 4.69) is 10.3 Å². The zero-order valence-electron chi connectivity index (χ0n) is 21.9. The minimum atomic E-state index is -1.24. The van der Waals surface area contributed by atoms with Gasteiger partial charge in [0, 0.05) is 29.6 Å². The standard InChI is InChI=1S/C30H28N4O5/c1-30-26-20(22-16-19(38-2)12-13-23(22)32-26)14-15-33(30)29(37)34(28(30)36)24-10-6-5-9-21(24)27(35)31-17-18-8-4-7-11-25(18)39-3/h4-13,16,32H,14-15,17H2,1-3H3,(H,31,35)/t30-/m0/s1. The van der Waals surface area contributed by atoms with Crippen molar-refractivity contribution in [3.63, 3.8) is 0 Å². The third-order valence-electron chi connectivity index (χ3n) is 7.79. The SMILES string of the molecule is COc1ccc2[nH]c3c(c2c1)CCN1C(=O)N(c2ccccc2C(=O)NCc2ccccc2OC)C(=O)[C@]31C.